The first-order valence-electron chi connectivity index (χ1n) is 5.33. The molecule has 100 valence electrons. The van der Waals surface area contributed by atoms with Gasteiger partial charge in [-0.2, -0.15) is 9.65 Å². The molecular weight excluding hydrogens is 331 g/mol. The van der Waals surface area contributed by atoms with E-state index >= 15 is 0 Å². The molecule has 0 aliphatic heterocycles. The van der Waals surface area contributed by atoms with E-state index in [9.17, 15) is 14.5 Å². The lowest BCUT2D eigenvalue weighted by Gasteiger charge is -2.08. The van der Waals surface area contributed by atoms with Crippen molar-refractivity contribution in [3.05, 3.63) is 62.4 Å². The fourth-order valence-corrected chi connectivity index (χ4v) is 1.96. The molecule has 0 aliphatic carbocycles. The number of nitriles is 1. The normalized spacial score (nSPS) is 9.85. The molecule has 0 fully saturated rings. The summed E-state index contributed by atoms with van der Waals surface area (Å²) in [5.41, 5.74) is -0.377. The molecule has 0 aromatic heterocycles. The highest BCUT2D eigenvalue weighted by Gasteiger charge is 2.15. The molecule has 0 heterocycles. The fraction of sp³-hybridized carbons (Fsp3) is 0. The Bertz CT molecular complexity index is 728. The summed E-state index contributed by atoms with van der Waals surface area (Å²) < 4.78 is 19.4. The van der Waals surface area contributed by atoms with Crippen LogP contribution in [0.2, 0.25) is 0 Å². The van der Waals surface area contributed by atoms with Crippen LogP contribution in [0.5, 0.6) is 11.5 Å². The first kappa shape index (κ1) is 14.0. The van der Waals surface area contributed by atoms with Crippen LogP contribution in [0.4, 0.5) is 10.1 Å². The summed E-state index contributed by atoms with van der Waals surface area (Å²) in [6, 6.07) is 10.0. The van der Waals surface area contributed by atoms with Crippen molar-refractivity contribution >= 4 is 21.6 Å². The van der Waals surface area contributed by atoms with Crippen molar-refractivity contribution in [3.8, 4) is 17.6 Å². The highest BCUT2D eigenvalue weighted by Crippen LogP contribution is 2.31. The molecule has 0 spiro atoms. The number of halogens is 2. The number of nitro benzene ring substituents is 1. The van der Waals surface area contributed by atoms with Crippen molar-refractivity contribution < 1.29 is 14.1 Å². The number of hydrogen-bond donors (Lipinski definition) is 0. The first-order valence-corrected chi connectivity index (χ1v) is 6.12. The second-order valence-electron chi connectivity index (χ2n) is 3.70. The second kappa shape index (κ2) is 5.67. The van der Waals surface area contributed by atoms with Crippen LogP contribution in [0, 0.1) is 27.3 Å². The van der Waals surface area contributed by atoms with Crippen LogP contribution in [0.15, 0.2) is 40.9 Å². The van der Waals surface area contributed by atoms with Crippen molar-refractivity contribution in [2.45, 2.75) is 0 Å². The van der Waals surface area contributed by atoms with Gasteiger partial charge in [-0.25, -0.2) is 0 Å². The minimum atomic E-state index is -0.999. The van der Waals surface area contributed by atoms with Crippen LogP contribution in [-0.2, 0) is 0 Å². The van der Waals surface area contributed by atoms with Crippen LogP contribution in [-0.4, -0.2) is 4.92 Å². The maximum atomic E-state index is 13.5. The summed E-state index contributed by atoms with van der Waals surface area (Å²) in [4.78, 5) is 9.69. The highest BCUT2D eigenvalue weighted by molar-refractivity contribution is 9.10. The third kappa shape index (κ3) is 2.75. The average molecular weight is 337 g/mol. The number of nitro groups is 1. The highest BCUT2D eigenvalue weighted by atomic mass is 79.9. The van der Waals surface area contributed by atoms with Crippen LogP contribution in [0.3, 0.4) is 0 Å². The van der Waals surface area contributed by atoms with Gasteiger partial charge in [0.05, 0.1) is 4.92 Å². The van der Waals surface area contributed by atoms with Crippen LogP contribution in [0.1, 0.15) is 5.56 Å². The summed E-state index contributed by atoms with van der Waals surface area (Å²) in [6.07, 6.45) is 0. The van der Waals surface area contributed by atoms with Crippen LogP contribution < -0.4 is 4.74 Å². The van der Waals surface area contributed by atoms with Gasteiger partial charge in [0, 0.05) is 16.6 Å². The number of rotatable bonds is 3. The van der Waals surface area contributed by atoms with Crippen molar-refractivity contribution in [1.82, 2.24) is 0 Å². The number of nitrogens with zero attached hydrogens (tertiary/aromatic N) is 2. The maximum absolute atomic E-state index is 13.5. The van der Waals surface area contributed by atoms with Gasteiger partial charge in [-0.05, 0) is 34.1 Å². The predicted octanol–water partition coefficient (Wildman–Crippen LogP) is 4.16. The van der Waals surface area contributed by atoms with Crippen LogP contribution >= 0.6 is 15.9 Å². The molecule has 0 radical (unpaired) electrons. The molecular formula is C13H6BrFN2O3. The van der Waals surface area contributed by atoms with Crippen molar-refractivity contribution in [2.24, 2.45) is 0 Å². The van der Waals surface area contributed by atoms with Gasteiger partial charge in [0.25, 0.3) is 0 Å². The molecule has 20 heavy (non-hydrogen) atoms. The van der Waals surface area contributed by atoms with Crippen LogP contribution in [0.25, 0.3) is 0 Å². The van der Waals surface area contributed by atoms with Gasteiger partial charge in [-0.1, -0.05) is 6.07 Å². The smallest absolute Gasteiger partial charge is 0.305 e. The SMILES string of the molecule is N#Cc1c(Br)cccc1Oc1ccc([N+](=O)[O-])c(F)c1. The average Bonchev–Trinajstić information content (AvgIpc) is 2.38. The Morgan fingerprint density at radius 1 is 1.35 bits per heavy atom. The van der Waals surface area contributed by atoms with Crippen molar-refractivity contribution in [1.29, 1.82) is 5.26 Å². The molecule has 0 bridgehead atoms. The molecule has 0 N–H and O–H groups in total. The van der Waals surface area contributed by atoms with Gasteiger partial charge in [0.2, 0.25) is 5.82 Å². The van der Waals surface area contributed by atoms with Gasteiger partial charge in [0.1, 0.15) is 23.1 Å². The zero-order valence-corrected chi connectivity index (χ0v) is 11.4. The zero-order chi connectivity index (χ0) is 14.7. The Balaban J connectivity index is 2.37. The minimum absolute atomic E-state index is 0.0719. The van der Waals surface area contributed by atoms with E-state index in [0.717, 1.165) is 12.1 Å². The maximum Gasteiger partial charge on any atom is 0.305 e. The van der Waals surface area contributed by atoms with Gasteiger partial charge in [0.15, 0.2) is 0 Å². The molecule has 2 aromatic rings. The van der Waals surface area contributed by atoms with Gasteiger partial charge >= 0.3 is 5.69 Å². The molecule has 2 aromatic carbocycles. The van der Waals surface area contributed by atoms with E-state index in [1.807, 2.05) is 6.07 Å². The molecule has 0 unspecified atom stereocenters. The van der Waals surface area contributed by atoms with E-state index < -0.39 is 16.4 Å². The van der Waals surface area contributed by atoms with Gasteiger partial charge < -0.3 is 4.74 Å². The number of ether oxygens (including phenoxy) is 1. The van der Waals surface area contributed by atoms with Gasteiger partial charge in [-0.3, -0.25) is 10.1 Å². The van der Waals surface area contributed by atoms with E-state index in [0.29, 0.717) is 4.47 Å². The summed E-state index contributed by atoms with van der Waals surface area (Å²) in [6.45, 7) is 0. The Labute approximate surface area is 121 Å². The van der Waals surface area contributed by atoms with Crippen molar-refractivity contribution in [3.63, 3.8) is 0 Å². The third-order valence-electron chi connectivity index (χ3n) is 2.43. The van der Waals surface area contributed by atoms with E-state index in [1.165, 1.54) is 6.07 Å². The second-order valence-corrected chi connectivity index (χ2v) is 4.55. The summed E-state index contributed by atoms with van der Waals surface area (Å²) in [7, 11) is 0. The van der Waals surface area contributed by atoms with Crippen molar-refractivity contribution in [2.75, 3.05) is 0 Å². The Morgan fingerprint density at radius 3 is 2.70 bits per heavy atom. The monoisotopic (exact) mass is 336 g/mol. The summed E-state index contributed by atoms with van der Waals surface area (Å²) in [5.74, 6) is -0.696. The molecule has 0 atom stereocenters. The lowest BCUT2D eigenvalue weighted by molar-refractivity contribution is -0.387. The predicted molar refractivity (Wildman–Crippen MR) is 72.0 cm³/mol. The zero-order valence-electron chi connectivity index (χ0n) is 9.84. The standard InChI is InChI=1S/C13H6BrFN2O3/c14-10-2-1-3-13(9(10)7-16)20-8-4-5-12(17(18)19)11(15)6-8/h1-6H. The number of hydrogen-bond acceptors (Lipinski definition) is 4. The lowest BCUT2D eigenvalue weighted by atomic mass is 10.2. The molecule has 0 aliphatic rings. The third-order valence-corrected chi connectivity index (χ3v) is 3.09. The van der Waals surface area contributed by atoms with E-state index in [4.69, 9.17) is 10.00 Å². The van der Waals surface area contributed by atoms with E-state index in [1.54, 1.807) is 18.2 Å². The van der Waals surface area contributed by atoms with E-state index in [2.05, 4.69) is 15.9 Å². The minimum Gasteiger partial charge on any atom is -0.456 e. The Morgan fingerprint density at radius 2 is 2.10 bits per heavy atom. The molecule has 5 nitrogen and oxygen atoms in total. The topological polar surface area (TPSA) is 76.2 Å². The Hall–Kier alpha value is -2.46. The molecule has 0 saturated heterocycles. The first-order chi connectivity index (χ1) is 9.52. The molecule has 0 saturated carbocycles. The van der Waals surface area contributed by atoms with Gasteiger partial charge in [-0.15, -0.1) is 0 Å². The molecule has 2 rings (SSSR count). The summed E-state index contributed by atoms with van der Waals surface area (Å²) >= 11 is 3.20. The lowest BCUT2D eigenvalue weighted by Crippen LogP contribution is -1.94. The molecule has 7 heteroatoms. The largest absolute Gasteiger partial charge is 0.456 e. The quantitative estimate of drug-likeness (QED) is 0.622. The fourth-order valence-electron chi connectivity index (χ4n) is 1.52. The summed E-state index contributed by atoms with van der Waals surface area (Å²) in [5, 5.41) is 19.5. The van der Waals surface area contributed by atoms with E-state index in [-0.39, 0.29) is 17.1 Å². The molecule has 0 amide bonds. The number of benzene rings is 2. The Kier molecular flexibility index (Phi) is 3.96.